The maximum absolute atomic E-state index is 12.0. The molecule has 0 saturated carbocycles. The average Bonchev–Trinajstić information content (AvgIpc) is 3.33. The minimum Gasteiger partial charge on any atom is -0.446 e. The molecular weight excluding hydrogens is 454 g/mol. The Morgan fingerprint density at radius 1 is 0.944 bits per heavy atom. The molecular formula is C29H25N3O4. The van der Waals surface area contributed by atoms with Gasteiger partial charge in [0.15, 0.2) is 0 Å². The van der Waals surface area contributed by atoms with E-state index in [0.717, 1.165) is 41.8 Å². The zero-order valence-electron chi connectivity index (χ0n) is 19.6. The summed E-state index contributed by atoms with van der Waals surface area (Å²) in [6.07, 6.45) is 2.84. The Balaban J connectivity index is 1.63. The number of carbonyl (C=O) groups is 2. The molecule has 0 radical (unpaired) electrons. The molecule has 1 atom stereocenters. The van der Waals surface area contributed by atoms with Crippen molar-refractivity contribution in [3.63, 3.8) is 0 Å². The smallest absolute Gasteiger partial charge is 0.339 e. The van der Waals surface area contributed by atoms with Crippen molar-refractivity contribution in [3.8, 4) is 16.9 Å². The van der Waals surface area contributed by atoms with Crippen LogP contribution < -0.4 is 5.73 Å². The second-order valence-corrected chi connectivity index (χ2v) is 8.75. The molecule has 1 aromatic heterocycles. The number of benzene rings is 3. The molecule has 4 aromatic rings. The molecule has 0 aliphatic heterocycles. The van der Waals surface area contributed by atoms with E-state index in [0.29, 0.717) is 5.56 Å². The summed E-state index contributed by atoms with van der Waals surface area (Å²) in [7, 11) is 0. The van der Waals surface area contributed by atoms with Gasteiger partial charge in [0, 0.05) is 28.0 Å². The highest BCUT2D eigenvalue weighted by Crippen LogP contribution is 2.42. The van der Waals surface area contributed by atoms with Crippen molar-refractivity contribution < 1.29 is 14.3 Å². The molecule has 7 heteroatoms. The van der Waals surface area contributed by atoms with Gasteiger partial charge in [-0.3, -0.25) is 10.5 Å². The topological polar surface area (TPSA) is 104 Å². The lowest BCUT2D eigenvalue weighted by molar-refractivity contribution is 0.0515. The number of nitroso groups, excluding NO2 is 1. The number of rotatable bonds is 6. The first-order valence-corrected chi connectivity index (χ1v) is 11.9. The fraction of sp³-hybridized carbons (Fsp3) is 0.172. The first kappa shape index (κ1) is 23.4. The Hall–Kier alpha value is -4.36. The number of esters is 1. The van der Waals surface area contributed by atoms with Crippen molar-refractivity contribution in [3.05, 3.63) is 118 Å². The third-order valence-electron chi connectivity index (χ3n) is 6.69. The van der Waals surface area contributed by atoms with Crippen LogP contribution in [-0.2, 0) is 11.2 Å². The zero-order chi connectivity index (χ0) is 25.1. The molecule has 36 heavy (non-hydrogen) atoms. The van der Waals surface area contributed by atoms with Gasteiger partial charge >= 0.3 is 11.9 Å². The van der Waals surface area contributed by atoms with Crippen LogP contribution in [0.3, 0.4) is 0 Å². The standard InChI is InChI=1S/C29H25N3O4/c30-18-36-29(34)21-14-12-19(13-15-21)24-10-5-11-26-25(24)17-27(20-6-2-1-3-7-20)32(26)23-9-4-8-22(16-23)28(33)31-35/h1-4,6-9,12-17,24H,5,10-11,18,30H2. The number of hydrogen-bond acceptors (Lipinski definition) is 5. The SMILES string of the molecule is NCOC(=O)c1ccc(C2CCCc3c2cc(-c2ccccc2)n3-c2cccc(C(=O)N=O)c2)cc1. The van der Waals surface area contributed by atoms with E-state index in [1.807, 2.05) is 36.4 Å². The van der Waals surface area contributed by atoms with Gasteiger partial charge in [-0.05, 0) is 72.4 Å². The average molecular weight is 480 g/mol. The number of nitrogens with two attached hydrogens (primary N) is 1. The van der Waals surface area contributed by atoms with Crippen molar-refractivity contribution in [2.45, 2.75) is 25.2 Å². The van der Waals surface area contributed by atoms with Crippen LogP contribution in [-0.4, -0.2) is 23.2 Å². The molecule has 5 rings (SSSR count). The van der Waals surface area contributed by atoms with Crippen LogP contribution in [0.25, 0.3) is 16.9 Å². The summed E-state index contributed by atoms with van der Waals surface area (Å²) in [5.74, 6) is -1.08. The second-order valence-electron chi connectivity index (χ2n) is 8.75. The zero-order valence-corrected chi connectivity index (χ0v) is 19.6. The van der Waals surface area contributed by atoms with Gasteiger partial charge in [0.1, 0.15) is 6.73 Å². The van der Waals surface area contributed by atoms with Gasteiger partial charge in [0.2, 0.25) is 0 Å². The Morgan fingerprint density at radius 2 is 1.72 bits per heavy atom. The summed E-state index contributed by atoms with van der Waals surface area (Å²) in [5, 5.41) is 2.59. The fourth-order valence-electron chi connectivity index (χ4n) is 5.06. The monoisotopic (exact) mass is 479 g/mol. The molecule has 1 aliphatic rings. The van der Waals surface area contributed by atoms with Crippen molar-refractivity contribution >= 4 is 11.9 Å². The Kier molecular flexibility index (Phi) is 6.56. The van der Waals surface area contributed by atoms with E-state index in [1.54, 1.807) is 30.3 Å². The van der Waals surface area contributed by atoms with Crippen molar-refractivity contribution in [2.75, 3.05) is 6.73 Å². The summed E-state index contributed by atoms with van der Waals surface area (Å²) in [6, 6.07) is 26.9. The quantitative estimate of drug-likeness (QED) is 0.220. The molecule has 1 heterocycles. The molecule has 0 spiro atoms. The molecule has 0 saturated heterocycles. The summed E-state index contributed by atoms with van der Waals surface area (Å²) in [5.41, 5.74) is 12.4. The molecule has 3 aromatic carbocycles. The Morgan fingerprint density at radius 3 is 2.44 bits per heavy atom. The van der Waals surface area contributed by atoms with Crippen LogP contribution in [0.2, 0.25) is 0 Å². The van der Waals surface area contributed by atoms with Gasteiger partial charge in [0.05, 0.1) is 11.3 Å². The summed E-state index contributed by atoms with van der Waals surface area (Å²) in [6.45, 7) is -0.155. The molecule has 7 nitrogen and oxygen atoms in total. The fourth-order valence-corrected chi connectivity index (χ4v) is 5.06. The molecule has 180 valence electrons. The van der Waals surface area contributed by atoms with E-state index in [-0.39, 0.29) is 18.2 Å². The number of ether oxygens (including phenoxy) is 1. The predicted molar refractivity (Wildman–Crippen MR) is 137 cm³/mol. The Labute approximate surface area is 208 Å². The largest absolute Gasteiger partial charge is 0.446 e. The number of amides is 1. The molecule has 1 amide bonds. The first-order valence-electron chi connectivity index (χ1n) is 11.9. The van der Waals surface area contributed by atoms with Crippen molar-refractivity contribution in [1.82, 2.24) is 4.57 Å². The molecule has 0 bridgehead atoms. The van der Waals surface area contributed by atoms with E-state index < -0.39 is 11.9 Å². The lowest BCUT2D eigenvalue weighted by Gasteiger charge is -2.25. The minimum atomic E-state index is -0.787. The summed E-state index contributed by atoms with van der Waals surface area (Å²) >= 11 is 0. The van der Waals surface area contributed by atoms with Crippen molar-refractivity contribution in [2.24, 2.45) is 10.9 Å². The van der Waals surface area contributed by atoms with Gasteiger partial charge in [-0.2, -0.15) is 0 Å². The molecule has 0 fully saturated rings. The van der Waals surface area contributed by atoms with Crippen LogP contribution in [0.15, 0.2) is 90.1 Å². The van der Waals surface area contributed by atoms with Crippen LogP contribution in [0.4, 0.5) is 0 Å². The van der Waals surface area contributed by atoms with Crippen molar-refractivity contribution in [1.29, 1.82) is 0 Å². The third-order valence-corrected chi connectivity index (χ3v) is 6.69. The Bertz CT molecular complexity index is 1420. The van der Waals surface area contributed by atoms with Gasteiger partial charge in [0.25, 0.3) is 0 Å². The highest BCUT2D eigenvalue weighted by atomic mass is 16.5. The normalized spacial score (nSPS) is 14.6. The van der Waals surface area contributed by atoms with Gasteiger partial charge in [-0.25, -0.2) is 4.79 Å². The van der Waals surface area contributed by atoms with Crippen LogP contribution in [0.1, 0.15) is 56.3 Å². The van der Waals surface area contributed by atoms with E-state index >= 15 is 0 Å². The number of hydrogen-bond donors (Lipinski definition) is 1. The number of aromatic nitrogens is 1. The third kappa shape index (κ3) is 4.36. The maximum Gasteiger partial charge on any atom is 0.339 e. The van der Waals surface area contributed by atoms with Gasteiger partial charge in [-0.1, -0.05) is 48.5 Å². The minimum absolute atomic E-state index is 0.151. The number of fused-ring (bicyclic) bond motifs is 1. The van der Waals surface area contributed by atoms with E-state index in [4.69, 9.17) is 10.5 Å². The van der Waals surface area contributed by atoms with Gasteiger partial charge in [-0.15, -0.1) is 4.91 Å². The van der Waals surface area contributed by atoms with E-state index in [9.17, 15) is 14.5 Å². The number of nitrogens with zero attached hydrogens (tertiary/aromatic N) is 2. The summed E-state index contributed by atoms with van der Waals surface area (Å²) < 4.78 is 7.09. The molecule has 1 aliphatic carbocycles. The van der Waals surface area contributed by atoms with Gasteiger partial charge < -0.3 is 9.30 Å². The van der Waals surface area contributed by atoms with Crippen LogP contribution in [0, 0.1) is 4.91 Å². The summed E-state index contributed by atoms with van der Waals surface area (Å²) in [4.78, 5) is 34.9. The van der Waals surface area contributed by atoms with Crippen LogP contribution in [0.5, 0.6) is 0 Å². The predicted octanol–water partition coefficient (Wildman–Crippen LogP) is 5.59. The van der Waals surface area contributed by atoms with E-state index in [1.165, 1.54) is 11.3 Å². The van der Waals surface area contributed by atoms with Crippen LogP contribution >= 0.6 is 0 Å². The number of carbonyl (C=O) groups excluding carboxylic acids is 2. The highest BCUT2D eigenvalue weighted by molar-refractivity contribution is 5.95. The molecule has 2 N–H and O–H groups in total. The van der Waals surface area contributed by atoms with E-state index in [2.05, 4.69) is 27.9 Å². The first-order chi connectivity index (χ1) is 17.6. The second kappa shape index (κ2) is 10.1. The molecule has 1 unspecified atom stereocenters. The highest BCUT2D eigenvalue weighted by Gasteiger charge is 2.28. The lowest BCUT2D eigenvalue weighted by Crippen LogP contribution is -2.14. The lowest BCUT2D eigenvalue weighted by atomic mass is 9.81. The maximum atomic E-state index is 12.0.